The second-order valence-corrected chi connectivity index (χ2v) is 5.40. The lowest BCUT2D eigenvalue weighted by atomic mass is 10.0. The quantitative estimate of drug-likeness (QED) is 0.491. The molecule has 108 valence electrons. The van der Waals surface area contributed by atoms with Gasteiger partial charge in [-0.3, -0.25) is 9.59 Å². The number of aliphatic carboxylic acids is 1. The van der Waals surface area contributed by atoms with E-state index in [1.165, 1.54) is 0 Å². The summed E-state index contributed by atoms with van der Waals surface area (Å²) in [7, 11) is 0. The van der Waals surface area contributed by atoms with Crippen molar-refractivity contribution in [3.63, 3.8) is 0 Å². The molecule has 1 aliphatic carbocycles. The van der Waals surface area contributed by atoms with Gasteiger partial charge in [-0.15, -0.1) is 0 Å². The lowest BCUT2D eigenvalue weighted by Crippen LogP contribution is -2.50. The summed E-state index contributed by atoms with van der Waals surface area (Å²) in [6.07, 6.45) is 1.74. The molecule has 0 aromatic rings. The molecule has 7 nitrogen and oxygen atoms in total. The van der Waals surface area contributed by atoms with Gasteiger partial charge in [0.25, 0.3) is 0 Å². The van der Waals surface area contributed by atoms with E-state index in [0.29, 0.717) is 13.1 Å². The number of carboxylic acid groups (broad SMARTS) is 1. The SMILES string of the molecule is CC(C)(CC(=O)O)NC(=O)NCCNC(=O)C1CC1. The Morgan fingerprint density at radius 1 is 1.16 bits per heavy atom. The molecule has 7 heteroatoms. The molecule has 0 atom stereocenters. The maximum absolute atomic E-state index is 11.5. The van der Waals surface area contributed by atoms with Crippen molar-refractivity contribution >= 4 is 17.9 Å². The van der Waals surface area contributed by atoms with Crippen LogP contribution in [0.15, 0.2) is 0 Å². The Bertz CT molecular complexity index is 364. The van der Waals surface area contributed by atoms with Crippen molar-refractivity contribution in [3.8, 4) is 0 Å². The summed E-state index contributed by atoms with van der Waals surface area (Å²) in [5, 5.41) is 16.5. The van der Waals surface area contributed by atoms with E-state index >= 15 is 0 Å². The van der Waals surface area contributed by atoms with Crippen LogP contribution in [0.5, 0.6) is 0 Å². The third-order valence-corrected chi connectivity index (χ3v) is 2.70. The summed E-state index contributed by atoms with van der Waals surface area (Å²) < 4.78 is 0. The minimum atomic E-state index is -0.970. The van der Waals surface area contributed by atoms with Gasteiger partial charge in [0.2, 0.25) is 5.91 Å². The van der Waals surface area contributed by atoms with E-state index < -0.39 is 17.5 Å². The maximum Gasteiger partial charge on any atom is 0.315 e. The monoisotopic (exact) mass is 271 g/mol. The van der Waals surface area contributed by atoms with Crippen LogP contribution >= 0.6 is 0 Å². The normalized spacial score (nSPS) is 14.6. The Kier molecular flexibility index (Phi) is 5.14. The van der Waals surface area contributed by atoms with Gasteiger partial charge >= 0.3 is 12.0 Å². The molecule has 0 aromatic heterocycles. The van der Waals surface area contributed by atoms with Gasteiger partial charge in [0.15, 0.2) is 0 Å². The zero-order chi connectivity index (χ0) is 14.5. The van der Waals surface area contributed by atoms with Gasteiger partial charge < -0.3 is 21.1 Å². The van der Waals surface area contributed by atoms with E-state index in [4.69, 9.17) is 5.11 Å². The minimum absolute atomic E-state index is 0.0356. The topological polar surface area (TPSA) is 108 Å². The van der Waals surface area contributed by atoms with Gasteiger partial charge in [-0.25, -0.2) is 4.79 Å². The Balaban J connectivity index is 2.12. The number of hydrogen-bond acceptors (Lipinski definition) is 3. The zero-order valence-corrected chi connectivity index (χ0v) is 11.3. The lowest BCUT2D eigenvalue weighted by Gasteiger charge is -2.24. The highest BCUT2D eigenvalue weighted by Gasteiger charge is 2.29. The predicted octanol–water partition coefficient (Wildman–Crippen LogP) is 0.0651. The summed E-state index contributed by atoms with van der Waals surface area (Å²) in [4.78, 5) is 33.4. The number of urea groups is 1. The van der Waals surface area contributed by atoms with E-state index in [9.17, 15) is 14.4 Å². The van der Waals surface area contributed by atoms with Crippen LogP contribution in [0.4, 0.5) is 4.79 Å². The third-order valence-electron chi connectivity index (χ3n) is 2.70. The van der Waals surface area contributed by atoms with Crippen molar-refractivity contribution in [2.45, 2.75) is 38.6 Å². The van der Waals surface area contributed by atoms with E-state index in [-0.39, 0.29) is 18.2 Å². The molecule has 0 aromatic carbocycles. The Morgan fingerprint density at radius 2 is 1.74 bits per heavy atom. The van der Waals surface area contributed by atoms with Crippen molar-refractivity contribution in [1.29, 1.82) is 0 Å². The average molecular weight is 271 g/mol. The molecule has 0 bridgehead atoms. The van der Waals surface area contributed by atoms with Gasteiger partial charge in [-0.05, 0) is 26.7 Å². The van der Waals surface area contributed by atoms with Gasteiger partial charge in [-0.1, -0.05) is 0 Å². The van der Waals surface area contributed by atoms with Crippen LogP contribution < -0.4 is 16.0 Å². The molecule has 1 fully saturated rings. The van der Waals surface area contributed by atoms with Crippen molar-refractivity contribution in [2.24, 2.45) is 5.92 Å². The summed E-state index contributed by atoms with van der Waals surface area (Å²) in [6, 6.07) is -0.438. The molecule has 19 heavy (non-hydrogen) atoms. The molecular weight excluding hydrogens is 250 g/mol. The van der Waals surface area contributed by atoms with Crippen LogP contribution in [0.1, 0.15) is 33.1 Å². The Labute approximate surface area is 112 Å². The number of carbonyl (C=O) groups excluding carboxylic acids is 2. The predicted molar refractivity (Wildman–Crippen MR) is 68.6 cm³/mol. The fourth-order valence-corrected chi connectivity index (χ4v) is 1.63. The molecule has 0 spiro atoms. The van der Waals surface area contributed by atoms with E-state index in [1.807, 2.05) is 0 Å². The molecule has 0 heterocycles. The third kappa shape index (κ3) is 6.64. The number of hydrogen-bond donors (Lipinski definition) is 4. The number of rotatable bonds is 7. The molecular formula is C12H21N3O4. The summed E-state index contributed by atoms with van der Waals surface area (Å²) in [5.41, 5.74) is -0.812. The molecule has 1 aliphatic rings. The molecule has 0 saturated heterocycles. The first-order chi connectivity index (χ1) is 8.80. The Morgan fingerprint density at radius 3 is 2.26 bits per heavy atom. The lowest BCUT2D eigenvalue weighted by molar-refractivity contribution is -0.138. The van der Waals surface area contributed by atoms with Crippen LogP contribution in [0.2, 0.25) is 0 Å². The number of carbonyl (C=O) groups is 3. The van der Waals surface area contributed by atoms with Crippen LogP contribution in [0, 0.1) is 5.92 Å². The highest BCUT2D eigenvalue weighted by atomic mass is 16.4. The molecule has 1 rings (SSSR count). The van der Waals surface area contributed by atoms with Crippen LogP contribution in [0.25, 0.3) is 0 Å². The second kappa shape index (κ2) is 6.40. The number of amides is 3. The second-order valence-electron chi connectivity index (χ2n) is 5.40. The van der Waals surface area contributed by atoms with Gasteiger partial charge in [0, 0.05) is 24.5 Å². The standard InChI is InChI=1S/C12H21N3O4/c1-12(2,7-9(16)17)15-11(19)14-6-5-13-10(18)8-3-4-8/h8H,3-7H2,1-2H3,(H,13,18)(H,16,17)(H2,14,15,19). The highest BCUT2D eigenvalue weighted by Crippen LogP contribution is 2.28. The first-order valence-electron chi connectivity index (χ1n) is 6.36. The van der Waals surface area contributed by atoms with Gasteiger partial charge in [0.1, 0.15) is 0 Å². The van der Waals surface area contributed by atoms with E-state index in [0.717, 1.165) is 12.8 Å². The maximum atomic E-state index is 11.5. The number of nitrogens with one attached hydrogen (secondary N) is 3. The first-order valence-corrected chi connectivity index (χ1v) is 6.36. The summed E-state index contributed by atoms with van der Waals surface area (Å²) in [6.45, 7) is 3.96. The molecule has 0 unspecified atom stereocenters. The molecule has 0 radical (unpaired) electrons. The van der Waals surface area contributed by atoms with E-state index in [2.05, 4.69) is 16.0 Å². The first kappa shape index (κ1) is 15.3. The molecule has 3 amide bonds. The highest BCUT2D eigenvalue weighted by molar-refractivity contribution is 5.81. The van der Waals surface area contributed by atoms with Crippen LogP contribution in [0.3, 0.4) is 0 Å². The molecule has 4 N–H and O–H groups in total. The minimum Gasteiger partial charge on any atom is -0.481 e. The van der Waals surface area contributed by atoms with Crippen molar-refractivity contribution in [3.05, 3.63) is 0 Å². The summed E-state index contributed by atoms with van der Waals surface area (Å²) >= 11 is 0. The zero-order valence-electron chi connectivity index (χ0n) is 11.3. The fourth-order valence-electron chi connectivity index (χ4n) is 1.63. The van der Waals surface area contributed by atoms with Crippen LogP contribution in [-0.2, 0) is 9.59 Å². The smallest absolute Gasteiger partial charge is 0.315 e. The van der Waals surface area contributed by atoms with Crippen molar-refractivity contribution in [2.75, 3.05) is 13.1 Å². The fraction of sp³-hybridized carbons (Fsp3) is 0.750. The van der Waals surface area contributed by atoms with Crippen molar-refractivity contribution in [1.82, 2.24) is 16.0 Å². The molecule has 0 aliphatic heterocycles. The average Bonchev–Trinajstić information content (AvgIpc) is 3.04. The van der Waals surface area contributed by atoms with E-state index in [1.54, 1.807) is 13.8 Å². The van der Waals surface area contributed by atoms with Crippen molar-refractivity contribution < 1.29 is 19.5 Å². The number of carboxylic acids is 1. The van der Waals surface area contributed by atoms with Crippen LogP contribution in [-0.4, -0.2) is 41.6 Å². The largest absolute Gasteiger partial charge is 0.481 e. The van der Waals surface area contributed by atoms with Gasteiger partial charge in [-0.2, -0.15) is 0 Å². The molecule has 1 saturated carbocycles. The summed E-state index contributed by atoms with van der Waals surface area (Å²) in [5.74, 6) is -0.779. The Hall–Kier alpha value is -1.79. The van der Waals surface area contributed by atoms with Gasteiger partial charge in [0.05, 0.1) is 6.42 Å².